The van der Waals surface area contributed by atoms with E-state index in [-0.39, 0.29) is 5.82 Å². The van der Waals surface area contributed by atoms with Crippen LogP contribution in [-0.2, 0) is 0 Å². The van der Waals surface area contributed by atoms with Crippen molar-refractivity contribution >= 4 is 6.20 Å². The van der Waals surface area contributed by atoms with Crippen LogP contribution in [0.15, 0.2) is 17.4 Å². The van der Waals surface area contributed by atoms with E-state index in [9.17, 15) is 4.39 Å². The first-order chi connectivity index (χ1) is 4.86. The molecule has 0 aliphatic carbocycles. The van der Waals surface area contributed by atoms with E-state index in [1.54, 1.807) is 0 Å². The minimum absolute atomic E-state index is 0.381. The van der Waals surface area contributed by atoms with Crippen LogP contribution >= 0.6 is 0 Å². The molecule has 1 aliphatic rings. The van der Waals surface area contributed by atoms with Gasteiger partial charge in [0, 0.05) is 6.07 Å². The molecular weight excluding hydrogens is 133 g/mol. The van der Waals surface area contributed by atoms with Gasteiger partial charge in [-0.15, -0.1) is 5.10 Å². The lowest BCUT2D eigenvalue weighted by atomic mass is 10.4. The van der Waals surface area contributed by atoms with Crippen molar-refractivity contribution in [3.63, 3.8) is 0 Å². The Morgan fingerprint density at radius 1 is 1.40 bits per heavy atom. The zero-order valence-corrected chi connectivity index (χ0v) is 4.95. The van der Waals surface area contributed by atoms with Crippen molar-refractivity contribution in [3.05, 3.63) is 28.8 Å². The first-order valence-electron chi connectivity index (χ1n) is 2.76. The third-order valence-electron chi connectivity index (χ3n) is 1.21. The van der Waals surface area contributed by atoms with Crippen LogP contribution in [0.3, 0.4) is 0 Å². The summed E-state index contributed by atoms with van der Waals surface area (Å²) in [6, 6.07) is 1.30. The summed E-state index contributed by atoms with van der Waals surface area (Å²) >= 11 is 0. The summed E-state index contributed by atoms with van der Waals surface area (Å²) < 4.78 is 12.4. The molecule has 0 unspecified atom stereocenters. The minimum Gasteiger partial charge on any atom is -0.250 e. The average molecular weight is 136 g/mol. The molecule has 0 bridgehead atoms. The number of hydrogen-bond donors (Lipinski definition) is 0. The number of fused-ring (bicyclic) bond motifs is 1. The van der Waals surface area contributed by atoms with Gasteiger partial charge in [0.25, 0.3) is 0 Å². The first-order valence-corrected chi connectivity index (χ1v) is 2.76. The van der Waals surface area contributed by atoms with Crippen LogP contribution in [0.4, 0.5) is 4.39 Å². The maximum absolute atomic E-state index is 12.4. The molecule has 2 rings (SSSR count). The fourth-order valence-electron chi connectivity index (χ4n) is 0.764. The molecule has 0 N–H and O–H groups in total. The number of aromatic nitrogens is 1. The molecule has 0 spiro atoms. The number of halogens is 1. The Morgan fingerprint density at radius 3 is 3.20 bits per heavy atom. The zero-order valence-electron chi connectivity index (χ0n) is 4.95. The highest BCUT2D eigenvalue weighted by molar-refractivity contribution is 5.18. The van der Waals surface area contributed by atoms with Crippen molar-refractivity contribution in [1.82, 2.24) is 10.4 Å². The van der Waals surface area contributed by atoms with E-state index in [1.807, 2.05) is 0 Å². The van der Waals surface area contributed by atoms with Crippen LogP contribution in [0.25, 0.3) is 6.20 Å². The Hall–Kier alpha value is -1.45. The molecule has 0 saturated carbocycles. The van der Waals surface area contributed by atoms with Crippen LogP contribution in [-0.4, -0.2) is 4.98 Å². The van der Waals surface area contributed by atoms with Gasteiger partial charge in [0.15, 0.2) is 0 Å². The van der Waals surface area contributed by atoms with Crippen molar-refractivity contribution in [1.29, 1.82) is 0 Å². The summed E-state index contributed by atoms with van der Waals surface area (Å²) in [5, 5.41) is 4.75. The lowest BCUT2D eigenvalue weighted by Gasteiger charge is -1.81. The zero-order chi connectivity index (χ0) is 6.97. The van der Waals surface area contributed by atoms with E-state index in [0.717, 1.165) is 6.20 Å². The van der Waals surface area contributed by atoms with Gasteiger partial charge < -0.3 is 0 Å². The van der Waals surface area contributed by atoms with Gasteiger partial charge in [-0.25, -0.2) is 9.37 Å². The lowest BCUT2D eigenvalue weighted by Crippen LogP contribution is -2.25. The second kappa shape index (κ2) is 1.76. The molecule has 0 saturated heterocycles. The van der Waals surface area contributed by atoms with Gasteiger partial charge in [-0.05, 0) is 0 Å². The maximum atomic E-state index is 12.4. The molecule has 0 aromatic carbocycles. The quantitative estimate of drug-likeness (QED) is 0.456. The van der Waals surface area contributed by atoms with Gasteiger partial charge in [-0.2, -0.15) is 5.43 Å². The smallest absolute Gasteiger partial charge is 0.143 e. The summed E-state index contributed by atoms with van der Waals surface area (Å²) in [6.07, 6.45) is 2.64. The predicted molar refractivity (Wildman–Crippen MR) is 31.6 cm³/mol. The van der Waals surface area contributed by atoms with Gasteiger partial charge in [-0.1, -0.05) is 0 Å². The Labute approximate surface area is 55.9 Å². The van der Waals surface area contributed by atoms with Crippen molar-refractivity contribution in [2.24, 2.45) is 5.10 Å². The molecule has 10 heavy (non-hydrogen) atoms. The third kappa shape index (κ3) is 0.655. The van der Waals surface area contributed by atoms with Gasteiger partial charge in [-0.3, -0.25) is 0 Å². The molecule has 1 radical (unpaired) electrons. The molecule has 4 heteroatoms. The summed E-state index contributed by atoms with van der Waals surface area (Å²) in [5.41, 5.74) is 3.56. The summed E-state index contributed by atoms with van der Waals surface area (Å²) in [5.74, 6) is -0.381. The predicted octanol–water partition coefficient (Wildman–Crippen LogP) is -0.889. The Kier molecular flexibility index (Phi) is 0.943. The Balaban J connectivity index is 2.88. The van der Waals surface area contributed by atoms with Crippen LogP contribution in [0.2, 0.25) is 0 Å². The first kappa shape index (κ1) is 5.34. The fraction of sp³-hybridized carbons (Fsp3) is 0. The molecule has 0 atom stereocenters. The maximum Gasteiger partial charge on any atom is 0.143 e. The van der Waals surface area contributed by atoms with E-state index in [2.05, 4.69) is 15.5 Å². The van der Waals surface area contributed by atoms with Crippen LogP contribution in [0.1, 0.15) is 0 Å². The minimum atomic E-state index is -0.381. The Morgan fingerprint density at radius 2 is 2.30 bits per heavy atom. The average Bonchev–Trinajstić information content (AvgIpc) is 2.33. The van der Waals surface area contributed by atoms with Gasteiger partial charge in [0.1, 0.15) is 16.5 Å². The topological polar surface area (TPSA) is 39.4 Å². The molecule has 49 valence electrons. The standard InChI is InChI=1S/C6H3FN3/c7-4-1-5-6(8-2-4)3-9-10-5/h1-3H. The molecule has 1 aliphatic heterocycles. The largest absolute Gasteiger partial charge is 0.250 e. The van der Waals surface area contributed by atoms with E-state index in [4.69, 9.17) is 0 Å². The second-order valence-electron chi connectivity index (χ2n) is 1.90. The molecule has 1 aromatic rings. The van der Waals surface area contributed by atoms with Gasteiger partial charge >= 0.3 is 0 Å². The summed E-state index contributed by atoms with van der Waals surface area (Å²) in [7, 11) is 0. The van der Waals surface area contributed by atoms with E-state index < -0.39 is 0 Å². The Bertz CT molecular complexity index is 371. The molecule has 3 nitrogen and oxygen atoms in total. The van der Waals surface area contributed by atoms with Gasteiger partial charge in [0.2, 0.25) is 0 Å². The molecular formula is C6H3FN3. The lowest BCUT2D eigenvalue weighted by molar-refractivity contribution is 0.617. The fourth-order valence-corrected chi connectivity index (χ4v) is 0.764. The van der Waals surface area contributed by atoms with Crippen molar-refractivity contribution in [3.8, 4) is 0 Å². The molecule has 0 fully saturated rings. The van der Waals surface area contributed by atoms with Gasteiger partial charge in [0.05, 0.1) is 12.4 Å². The highest BCUT2D eigenvalue weighted by atomic mass is 19.1. The normalized spacial score (nSPS) is 12.9. The third-order valence-corrected chi connectivity index (χ3v) is 1.21. The summed E-state index contributed by atoms with van der Waals surface area (Å²) in [6.45, 7) is 0. The van der Waals surface area contributed by atoms with Crippen LogP contribution in [0, 0.1) is 5.82 Å². The molecule has 2 heterocycles. The van der Waals surface area contributed by atoms with Crippen molar-refractivity contribution in [2.45, 2.75) is 0 Å². The number of rotatable bonds is 0. The van der Waals surface area contributed by atoms with Crippen LogP contribution < -0.4 is 16.1 Å². The molecule has 1 aromatic heterocycles. The SMILES string of the molecule is Fc1cnc2c(c1)=N[N]C=2. The highest BCUT2D eigenvalue weighted by Gasteiger charge is 1.97. The van der Waals surface area contributed by atoms with Crippen molar-refractivity contribution in [2.75, 3.05) is 0 Å². The van der Waals surface area contributed by atoms with E-state index in [0.29, 0.717) is 10.7 Å². The van der Waals surface area contributed by atoms with E-state index >= 15 is 0 Å². The molecule has 0 amide bonds. The monoisotopic (exact) mass is 136 g/mol. The highest BCUT2D eigenvalue weighted by Crippen LogP contribution is 1.83. The van der Waals surface area contributed by atoms with Crippen molar-refractivity contribution < 1.29 is 4.39 Å². The number of hydrogen-bond acceptors (Lipinski definition) is 2. The number of nitrogens with zero attached hydrogens (tertiary/aromatic N) is 3. The summed E-state index contributed by atoms with van der Waals surface area (Å²) in [4.78, 5) is 3.74. The second-order valence-corrected chi connectivity index (χ2v) is 1.90. The van der Waals surface area contributed by atoms with E-state index in [1.165, 1.54) is 12.3 Å². The van der Waals surface area contributed by atoms with Crippen LogP contribution in [0.5, 0.6) is 0 Å². The number of pyridine rings is 1.